The van der Waals surface area contributed by atoms with E-state index in [-0.39, 0.29) is 5.56 Å². The molecule has 2 N–H and O–H groups in total. The molecule has 5 rings (SSSR count). The van der Waals surface area contributed by atoms with Gasteiger partial charge in [-0.15, -0.1) is 6.58 Å². The summed E-state index contributed by atoms with van der Waals surface area (Å²) in [6.45, 7) is 5.93. The van der Waals surface area contributed by atoms with Gasteiger partial charge in [0.2, 0.25) is 5.95 Å². The molecular weight excluding hydrogens is 414 g/mol. The molecule has 0 radical (unpaired) electrons. The zero-order valence-corrected chi connectivity index (χ0v) is 17.4. The van der Waals surface area contributed by atoms with Crippen LogP contribution in [0, 0.1) is 0 Å². The van der Waals surface area contributed by atoms with Gasteiger partial charge in [0.25, 0.3) is 5.56 Å². The lowest BCUT2D eigenvalue weighted by Gasteiger charge is -2.18. The molecule has 0 saturated heterocycles. The summed E-state index contributed by atoms with van der Waals surface area (Å²) in [5, 5.41) is 7.38. The Morgan fingerprint density at radius 1 is 1.23 bits per heavy atom. The van der Waals surface area contributed by atoms with Crippen LogP contribution in [0.15, 0.2) is 60.2 Å². The minimum Gasteiger partial charge on any atom is -0.324 e. The first-order valence-electron chi connectivity index (χ1n) is 9.95. The molecule has 1 aliphatic rings. The van der Waals surface area contributed by atoms with Crippen LogP contribution in [-0.2, 0) is 19.5 Å². The van der Waals surface area contributed by atoms with Crippen molar-refractivity contribution in [2.45, 2.75) is 19.5 Å². The second-order valence-electron chi connectivity index (χ2n) is 7.29. The summed E-state index contributed by atoms with van der Waals surface area (Å²) in [6.07, 6.45) is 5.79. The largest absolute Gasteiger partial charge is 0.324 e. The van der Waals surface area contributed by atoms with Crippen molar-refractivity contribution in [2.75, 3.05) is 11.9 Å². The predicted octanol–water partition coefficient (Wildman–Crippen LogP) is 3.21. The molecule has 1 aliphatic heterocycles. The Balaban J connectivity index is 1.61. The van der Waals surface area contributed by atoms with Gasteiger partial charge in [-0.05, 0) is 42.3 Å². The Labute approximate surface area is 183 Å². The average molecular weight is 434 g/mol. The van der Waals surface area contributed by atoms with Gasteiger partial charge >= 0.3 is 0 Å². The van der Waals surface area contributed by atoms with Crippen LogP contribution >= 0.6 is 11.6 Å². The number of anilines is 2. The maximum absolute atomic E-state index is 13.0. The van der Waals surface area contributed by atoms with Gasteiger partial charge in [-0.3, -0.25) is 4.79 Å². The molecule has 0 saturated carbocycles. The number of rotatable bonds is 5. The van der Waals surface area contributed by atoms with Gasteiger partial charge in [-0.1, -0.05) is 23.7 Å². The zero-order valence-electron chi connectivity index (χ0n) is 16.7. The molecule has 8 nitrogen and oxygen atoms in total. The first-order chi connectivity index (χ1) is 15.1. The molecule has 156 valence electrons. The van der Waals surface area contributed by atoms with E-state index in [2.05, 4.69) is 44.3 Å². The van der Waals surface area contributed by atoms with E-state index >= 15 is 0 Å². The minimum absolute atomic E-state index is 0.198. The highest BCUT2D eigenvalue weighted by atomic mass is 35.5. The van der Waals surface area contributed by atoms with Crippen LogP contribution in [0.25, 0.3) is 16.7 Å². The van der Waals surface area contributed by atoms with E-state index in [9.17, 15) is 4.79 Å². The smallest absolute Gasteiger partial charge is 0.278 e. The van der Waals surface area contributed by atoms with Crippen molar-refractivity contribution in [3.05, 3.63) is 82.0 Å². The monoisotopic (exact) mass is 433 g/mol. The number of nitrogens with one attached hydrogen (secondary N) is 2. The van der Waals surface area contributed by atoms with Crippen molar-refractivity contribution in [2.24, 2.45) is 0 Å². The number of hydrogen-bond donors (Lipinski definition) is 2. The molecule has 0 unspecified atom stereocenters. The highest BCUT2D eigenvalue weighted by Crippen LogP contribution is 2.23. The highest BCUT2D eigenvalue weighted by Gasteiger charge is 2.17. The molecule has 4 aromatic rings. The van der Waals surface area contributed by atoms with Crippen molar-refractivity contribution in [1.29, 1.82) is 0 Å². The second-order valence-corrected chi connectivity index (χ2v) is 7.68. The first kappa shape index (κ1) is 19.5. The molecule has 1 aromatic carbocycles. The van der Waals surface area contributed by atoms with Gasteiger partial charge in [0.1, 0.15) is 10.5 Å². The maximum atomic E-state index is 13.0. The standard InChI is InChI=1S/C22H20ClN7O/c1-2-9-29-21(31)18-13-26-22(27-16-4-3-15-12-24-7-5-14(15)10-16)28-20(18)30(29)17-6-8-25-19(23)11-17/h2-4,6,8,10-11,13,24H,1,5,7,9,12H2,(H,26,27,28). The van der Waals surface area contributed by atoms with Crippen molar-refractivity contribution in [1.82, 2.24) is 29.6 Å². The Bertz CT molecular complexity index is 1360. The van der Waals surface area contributed by atoms with Crippen LogP contribution in [0.2, 0.25) is 5.15 Å². The van der Waals surface area contributed by atoms with E-state index in [4.69, 9.17) is 11.6 Å². The number of halogens is 1. The topological polar surface area (TPSA) is 89.7 Å². The Hall–Kier alpha value is -3.49. The Morgan fingerprint density at radius 2 is 2.13 bits per heavy atom. The fraction of sp³-hybridized carbons (Fsp3) is 0.182. The van der Waals surface area contributed by atoms with Crippen LogP contribution in [-0.4, -0.2) is 30.9 Å². The Morgan fingerprint density at radius 3 is 2.97 bits per heavy atom. The molecular formula is C22H20ClN7O. The third kappa shape index (κ3) is 3.60. The summed E-state index contributed by atoms with van der Waals surface area (Å²) in [4.78, 5) is 26.0. The van der Waals surface area contributed by atoms with Gasteiger partial charge in [0, 0.05) is 30.7 Å². The van der Waals surface area contributed by atoms with Crippen LogP contribution in [0.5, 0.6) is 0 Å². The molecule has 4 heterocycles. The van der Waals surface area contributed by atoms with Crippen LogP contribution in [0.1, 0.15) is 11.1 Å². The summed E-state index contributed by atoms with van der Waals surface area (Å²) in [5.41, 5.74) is 4.49. The molecule has 0 bridgehead atoms. The number of aromatic nitrogens is 5. The summed E-state index contributed by atoms with van der Waals surface area (Å²) >= 11 is 6.10. The van der Waals surface area contributed by atoms with Gasteiger partial charge in [-0.25, -0.2) is 19.3 Å². The average Bonchev–Trinajstić information content (AvgIpc) is 3.05. The molecule has 31 heavy (non-hydrogen) atoms. The summed E-state index contributed by atoms with van der Waals surface area (Å²) < 4.78 is 3.27. The summed E-state index contributed by atoms with van der Waals surface area (Å²) in [7, 11) is 0. The minimum atomic E-state index is -0.198. The third-order valence-corrected chi connectivity index (χ3v) is 5.49. The molecule has 9 heteroatoms. The number of hydrogen-bond acceptors (Lipinski definition) is 6. The second kappa shape index (κ2) is 7.98. The fourth-order valence-corrected chi connectivity index (χ4v) is 4.01. The van der Waals surface area contributed by atoms with Crippen molar-refractivity contribution >= 4 is 34.3 Å². The SMILES string of the molecule is C=CCn1c(=O)c2cnc(Nc3ccc4c(c3)CCNC4)nc2n1-c1ccnc(Cl)c1. The van der Waals surface area contributed by atoms with Crippen molar-refractivity contribution < 1.29 is 0 Å². The van der Waals surface area contributed by atoms with Gasteiger partial charge in [0.05, 0.1) is 12.2 Å². The van der Waals surface area contributed by atoms with Crippen molar-refractivity contribution in [3.63, 3.8) is 0 Å². The van der Waals surface area contributed by atoms with Crippen LogP contribution < -0.4 is 16.2 Å². The predicted molar refractivity (Wildman–Crippen MR) is 121 cm³/mol. The molecule has 0 amide bonds. The van der Waals surface area contributed by atoms with E-state index in [1.54, 1.807) is 40.0 Å². The van der Waals surface area contributed by atoms with E-state index in [0.29, 0.717) is 34.4 Å². The number of fused-ring (bicyclic) bond motifs is 2. The van der Waals surface area contributed by atoms with Gasteiger partial charge in [0.15, 0.2) is 5.65 Å². The summed E-state index contributed by atoms with van der Waals surface area (Å²) in [6, 6.07) is 9.71. The lowest BCUT2D eigenvalue weighted by atomic mass is 10.0. The maximum Gasteiger partial charge on any atom is 0.278 e. The third-order valence-electron chi connectivity index (χ3n) is 5.28. The van der Waals surface area contributed by atoms with Crippen LogP contribution in [0.3, 0.4) is 0 Å². The van der Waals surface area contributed by atoms with Gasteiger partial charge < -0.3 is 10.6 Å². The van der Waals surface area contributed by atoms with E-state index < -0.39 is 0 Å². The fourth-order valence-electron chi connectivity index (χ4n) is 3.85. The number of nitrogens with zero attached hydrogens (tertiary/aromatic N) is 5. The van der Waals surface area contributed by atoms with E-state index in [1.807, 2.05) is 6.07 Å². The Kier molecular flexibility index (Phi) is 5.01. The van der Waals surface area contributed by atoms with Gasteiger partial charge in [-0.2, -0.15) is 4.98 Å². The molecule has 0 aliphatic carbocycles. The van der Waals surface area contributed by atoms with Crippen molar-refractivity contribution in [3.8, 4) is 5.69 Å². The van der Waals surface area contributed by atoms with E-state index in [0.717, 1.165) is 25.2 Å². The lowest BCUT2D eigenvalue weighted by molar-refractivity contribution is 0.605. The normalized spacial score (nSPS) is 13.2. The number of allylic oxidation sites excluding steroid dienone is 1. The molecule has 3 aromatic heterocycles. The first-order valence-corrected chi connectivity index (χ1v) is 10.3. The van der Waals surface area contributed by atoms with Crippen LogP contribution in [0.4, 0.5) is 11.6 Å². The summed E-state index contributed by atoms with van der Waals surface area (Å²) in [5.74, 6) is 0.408. The van der Waals surface area contributed by atoms with E-state index in [1.165, 1.54) is 11.1 Å². The highest BCUT2D eigenvalue weighted by molar-refractivity contribution is 6.29. The molecule has 0 atom stereocenters. The lowest BCUT2D eigenvalue weighted by Crippen LogP contribution is -2.23. The molecule has 0 spiro atoms. The molecule has 0 fully saturated rings. The number of pyridine rings is 1. The number of benzene rings is 1. The quantitative estimate of drug-likeness (QED) is 0.371. The zero-order chi connectivity index (χ0) is 21.4.